The second-order valence-corrected chi connectivity index (χ2v) is 2.93. The standard InChI is InChI=1S/C9H14/c1-4-9-6-7(2)5-8(9)3/h4,7H,3,5-6H2,1-2H3/b9-4-. The quantitative estimate of drug-likeness (QED) is 0.463. The summed E-state index contributed by atoms with van der Waals surface area (Å²) < 4.78 is 0. The van der Waals surface area contributed by atoms with Crippen LogP contribution in [0.3, 0.4) is 0 Å². The van der Waals surface area contributed by atoms with E-state index in [9.17, 15) is 0 Å². The fraction of sp³-hybridized carbons (Fsp3) is 0.556. The van der Waals surface area contributed by atoms with Crippen LogP contribution in [0.15, 0.2) is 23.8 Å². The van der Waals surface area contributed by atoms with Gasteiger partial charge < -0.3 is 0 Å². The summed E-state index contributed by atoms with van der Waals surface area (Å²) in [6.07, 6.45) is 4.64. The molecule has 1 fully saturated rings. The van der Waals surface area contributed by atoms with Gasteiger partial charge in [0, 0.05) is 0 Å². The van der Waals surface area contributed by atoms with E-state index in [1.807, 2.05) is 0 Å². The van der Waals surface area contributed by atoms with Crippen LogP contribution < -0.4 is 0 Å². The molecule has 0 amide bonds. The summed E-state index contributed by atoms with van der Waals surface area (Å²) in [5, 5.41) is 0. The third-order valence-electron chi connectivity index (χ3n) is 1.97. The van der Waals surface area contributed by atoms with Crippen molar-refractivity contribution in [1.29, 1.82) is 0 Å². The first kappa shape index (κ1) is 6.60. The first-order chi connectivity index (χ1) is 4.24. The van der Waals surface area contributed by atoms with Gasteiger partial charge in [-0.1, -0.05) is 25.2 Å². The molecule has 1 aliphatic carbocycles. The van der Waals surface area contributed by atoms with Crippen LogP contribution in [0.2, 0.25) is 0 Å². The Morgan fingerprint density at radius 1 is 1.56 bits per heavy atom. The highest BCUT2D eigenvalue weighted by Crippen LogP contribution is 2.33. The Morgan fingerprint density at radius 2 is 2.22 bits per heavy atom. The van der Waals surface area contributed by atoms with Crippen molar-refractivity contribution in [3.8, 4) is 0 Å². The van der Waals surface area contributed by atoms with E-state index in [0.29, 0.717) is 0 Å². The highest BCUT2D eigenvalue weighted by molar-refractivity contribution is 5.32. The predicted molar refractivity (Wildman–Crippen MR) is 41.3 cm³/mol. The van der Waals surface area contributed by atoms with Crippen molar-refractivity contribution in [1.82, 2.24) is 0 Å². The molecule has 0 aromatic carbocycles. The maximum absolute atomic E-state index is 3.99. The Morgan fingerprint density at radius 3 is 2.44 bits per heavy atom. The molecule has 0 spiro atoms. The van der Waals surface area contributed by atoms with E-state index in [1.165, 1.54) is 24.0 Å². The summed E-state index contributed by atoms with van der Waals surface area (Å²) in [6, 6.07) is 0. The van der Waals surface area contributed by atoms with Crippen molar-refractivity contribution in [3.05, 3.63) is 23.8 Å². The van der Waals surface area contributed by atoms with Gasteiger partial charge in [0.05, 0.1) is 0 Å². The molecular weight excluding hydrogens is 108 g/mol. The summed E-state index contributed by atoms with van der Waals surface area (Å²) in [5.74, 6) is 0.837. The van der Waals surface area contributed by atoms with Crippen molar-refractivity contribution in [2.75, 3.05) is 0 Å². The molecule has 0 nitrogen and oxygen atoms in total. The predicted octanol–water partition coefficient (Wildman–Crippen LogP) is 2.92. The first-order valence-electron chi connectivity index (χ1n) is 3.57. The summed E-state index contributed by atoms with van der Waals surface area (Å²) in [5.41, 5.74) is 2.83. The van der Waals surface area contributed by atoms with Crippen LogP contribution in [0.1, 0.15) is 26.7 Å². The molecule has 1 atom stereocenters. The third kappa shape index (κ3) is 1.24. The monoisotopic (exact) mass is 122 g/mol. The Balaban J connectivity index is 2.70. The van der Waals surface area contributed by atoms with E-state index >= 15 is 0 Å². The molecule has 0 bridgehead atoms. The second kappa shape index (κ2) is 2.38. The van der Waals surface area contributed by atoms with Crippen molar-refractivity contribution < 1.29 is 0 Å². The lowest BCUT2D eigenvalue weighted by atomic mass is 10.1. The molecule has 0 aromatic rings. The van der Waals surface area contributed by atoms with Crippen LogP contribution in [0.5, 0.6) is 0 Å². The smallest absolute Gasteiger partial charge is 0.0251 e. The van der Waals surface area contributed by atoms with E-state index in [-0.39, 0.29) is 0 Å². The van der Waals surface area contributed by atoms with E-state index in [2.05, 4.69) is 26.5 Å². The van der Waals surface area contributed by atoms with Crippen LogP contribution in [0.25, 0.3) is 0 Å². The maximum atomic E-state index is 3.99. The van der Waals surface area contributed by atoms with Crippen molar-refractivity contribution in [2.24, 2.45) is 5.92 Å². The van der Waals surface area contributed by atoms with Crippen molar-refractivity contribution in [2.45, 2.75) is 26.7 Å². The van der Waals surface area contributed by atoms with E-state index < -0.39 is 0 Å². The van der Waals surface area contributed by atoms with E-state index in [1.54, 1.807) is 0 Å². The van der Waals surface area contributed by atoms with Gasteiger partial charge in [-0.25, -0.2) is 0 Å². The van der Waals surface area contributed by atoms with Gasteiger partial charge in [-0.15, -0.1) is 0 Å². The Kier molecular flexibility index (Phi) is 1.75. The van der Waals surface area contributed by atoms with Gasteiger partial charge in [0.15, 0.2) is 0 Å². The fourth-order valence-electron chi connectivity index (χ4n) is 1.47. The SMILES string of the molecule is C=C1CC(C)C/C1=C/C. The summed E-state index contributed by atoms with van der Waals surface area (Å²) in [7, 11) is 0. The summed E-state index contributed by atoms with van der Waals surface area (Å²) in [6.45, 7) is 8.36. The highest BCUT2D eigenvalue weighted by Gasteiger charge is 2.16. The Hall–Kier alpha value is -0.520. The molecule has 50 valence electrons. The van der Waals surface area contributed by atoms with Crippen molar-refractivity contribution in [3.63, 3.8) is 0 Å². The lowest BCUT2D eigenvalue weighted by Crippen LogP contribution is -1.80. The van der Waals surface area contributed by atoms with Crippen LogP contribution >= 0.6 is 0 Å². The number of rotatable bonds is 0. The molecule has 0 heteroatoms. The van der Waals surface area contributed by atoms with Gasteiger partial charge in [0.1, 0.15) is 0 Å². The molecule has 1 rings (SSSR count). The average molecular weight is 122 g/mol. The molecule has 1 saturated carbocycles. The zero-order chi connectivity index (χ0) is 6.85. The van der Waals surface area contributed by atoms with Crippen molar-refractivity contribution >= 4 is 0 Å². The number of hydrogen-bond donors (Lipinski definition) is 0. The normalized spacial score (nSPS) is 32.0. The van der Waals surface area contributed by atoms with E-state index in [0.717, 1.165) is 5.92 Å². The molecule has 0 N–H and O–H groups in total. The molecule has 0 aromatic heterocycles. The first-order valence-corrected chi connectivity index (χ1v) is 3.57. The van der Waals surface area contributed by atoms with Gasteiger partial charge in [-0.2, -0.15) is 0 Å². The minimum absolute atomic E-state index is 0.837. The number of allylic oxidation sites excluding steroid dienone is 3. The van der Waals surface area contributed by atoms with Crippen LogP contribution in [-0.4, -0.2) is 0 Å². The molecule has 0 radical (unpaired) electrons. The lowest BCUT2D eigenvalue weighted by Gasteiger charge is -1.92. The Bertz CT molecular complexity index is 151. The zero-order valence-electron chi connectivity index (χ0n) is 6.28. The van der Waals surface area contributed by atoms with Crippen LogP contribution in [0.4, 0.5) is 0 Å². The van der Waals surface area contributed by atoms with Crippen LogP contribution in [-0.2, 0) is 0 Å². The second-order valence-electron chi connectivity index (χ2n) is 2.93. The average Bonchev–Trinajstić information content (AvgIpc) is 2.10. The fourth-order valence-corrected chi connectivity index (χ4v) is 1.47. The molecule has 0 saturated heterocycles. The third-order valence-corrected chi connectivity index (χ3v) is 1.97. The number of hydrogen-bond acceptors (Lipinski definition) is 0. The van der Waals surface area contributed by atoms with Gasteiger partial charge in [-0.05, 0) is 31.3 Å². The lowest BCUT2D eigenvalue weighted by molar-refractivity contribution is 0.641. The van der Waals surface area contributed by atoms with Gasteiger partial charge in [0.2, 0.25) is 0 Å². The Labute approximate surface area is 57.3 Å². The molecule has 0 heterocycles. The maximum Gasteiger partial charge on any atom is -0.0251 e. The largest absolute Gasteiger partial charge is 0.0956 e. The molecule has 0 aliphatic heterocycles. The topological polar surface area (TPSA) is 0 Å². The van der Waals surface area contributed by atoms with Crippen LogP contribution in [0, 0.1) is 5.92 Å². The van der Waals surface area contributed by atoms with E-state index in [4.69, 9.17) is 0 Å². The summed E-state index contributed by atoms with van der Waals surface area (Å²) in [4.78, 5) is 0. The van der Waals surface area contributed by atoms with Gasteiger partial charge in [-0.3, -0.25) is 0 Å². The molecule has 1 aliphatic rings. The molecular formula is C9H14. The van der Waals surface area contributed by atoms with Gasteiger partial charge >= 0.3 is 0 Å². The minimum atomic E-state index is 0.837. The summed E-state index contributed by atoms with van der Waals surface area (Å²) >= 11 is 0. The molecule has 1 unspecified atom stereocenters. The molecule has 9 heavy (non-hydrogen) atoms. The minimum Gasteiger partial charge on any atom is -0.0956 e. The highest BCUT2D eigenvalue weighted by atomic mass is 14.2. The van der Waals surface area contributed by atoms with Gasteiger partial charge in [0.25, 0.3) is 0 Å². The zero-order valence-corrected chi connectivity index (χ0v) is 6.28.